The molecule has 0 fully saturated rings. The van der Waals surface area contributed by atoms with E-state index < -0.39 is 30.9 Å². The van der Waals surface area contributed by atoms with E-state index in [1.54, 1.807) is 13.1 Å². The standard InChI is InChI=1S/C17H28FN5O7/c1-2-3-14(16(25)26)19-17(27)20-15(30-12-24)4-6-23-10-13(21-22-23)11-29-9-8-28-7-5-18/h10,12,14-15H,2-9,11H2,1H3,(H,25,26)(H2,19,20,27)/t14-,15+/m0/s1/i18-1. The number of aromatic nitrogens is 3. The summed E-state index contributed by atoms with van der Waals surface area (Å²) < 4.78 is 28.4. The van der Waals surface area contributed by atoms with Crippen molar-refractivity contribution in [3.63, 3.8) is 0 Å². The van der Waals surface area contributed by atoms with Crippen LogP contribution in [0, 0.1) is 0 Å². The molecule has 1 aromatic rings. The Balaban J connectivity index is 2.41. The lowest BCUT2D eigenvalue weighted by Crippen LogP contribution is -2.49. The van der Waals surface area contributed by atoms with Crippen LogP contribution >= 0.6 is 0 Å². The van der Waals surface area contributed by atoms with Gasteiger partial charge in [-0.3, -0.25) is 9.48 Å². The number of aliphatic carboxylic acids is 1. The number of hydrogen-bond donors (Lipinski definition) is 3. The second-order valence-electron chi connectivity index (χ2n) is 6.13. The van der Waals surface area contributed by atoms with Crippen LogP contribution in [0.25, 0.3) is 0 Å². The van der Waals surface area contributed by atoms with E-state index in [9.17, 15) is 18.8 Å². The number of carboxylic acid groups (broad SMARTS) is 1. The molecule has 2 amide bonds. The van der Waals surface area contributed by atoms with Gasteiger partial charge in [0.05, 0.1) is 32.6 Å². The third-order valence-electron chi connectivity index (χ3n) is 3.74. The number of urea groups is 1. The van der Waals surface area contributed by atoms with Crippen LogP contribution in [0.2, 0.25) is 0 Å². The minimum Gasteiger partial charge on any atom is -0.480 e. The molecule has 1 heterocycles. The first-order valence-corrected chi connectivity index (χ1v) is 9.49. The van der Waals surface area contributed by atoms with Crippen LogP contribution in [0.5, 0.6) is 0 Å². The lowest BCUT2D eigenvalue weighted by Gasteiger charge is -2.19. The van der Waals surface area contributed by atoms with E-state index in [0.717, 1.165) is 0 Å². The van der Waals surface area contributed by atoms with Crippen molar-refractivity contribution < 1.29 is 38.1 Å². The monoisotopic (exact) mass is 432 g/mol. The molecule has 0 spiro atoms. The first-order valence-electron chi connectivity index (χ1n) is 9.49. The summed E-state index contributed by atoms with van der Waals surface area (Å²) in [4.78, 5) is 33.8. The lowest BCUT2D eigenvalue weighted by atomic mass is 10.2. The molecule has 0 unspecified atom stereocenters. The van der Waals surface area contributed by atoms with Gasteiger partial charge in [-0.25, -0.2) is 14.0 Å². The number of carbonyl (C=O) groups is 3. The molecular formula is C17H28FN5O7. The molecule has 0 aromatic carbocycles. The number of aryl methyl sites for hydroxylation is 1. The molecule has 1 rings (SSSR count). The number of nitrogens with zero attached hydrogens (tertiary/aromatic N) is 3. The highest BCUT2D eigenvalue weighted by Gasteiger charge is 2.21. The van der Waals surface area contributed by atoms with Gasteiger partial charge < -0.3 is 30.0 Å². The molecule has 0 radical (unpaired) electrons. The van der Waals surface area contributed by atoms with Gasteiger partial charge in [0.1, 0.15) is 18.4 Å². The van der Waals surface area contributed by atoms with Crippen molar-refractivity contribution in [2.75, 3.05) is 26.5 Å². The third-order valence-corrected chi connectivity index (χ3v) is 3.74. The summed E-state index contributed by atoms with van der Waals surface area (Å²) in [5.41, 5.74) is 0.558. The van der Waals surface area contributed by atoms with Crippen molar-refractivity contribution in [2.45, 2.75) is 51.6 Å². The molecule has 12 nitrogen and oxygen atoms in total. The number of nitrogens with one attached hydrogen (secondary N) is 2. The number of alkyl halides is 1. The van der Waals surface area contributed by atoms with E-state index in [1.165, 1.54) is 4.68 Å². The number of carboxylic acids is 1. The SMILES string of the molecule is CCC[C@H](NC(=O)N[C@@H](CCn1cc(COCCOCC[18F])nn1)OC=O)C(=O)O. The Bertz CT molecular complexity index is 646. The lowest BCUT2D eigenvalue weighted by molar-refractivity contribution is -0.139. The quantitative estimate of drug-likeness (QED) is 0.178. The van der Waals surface area contributed by atoms with Crippen LogP contribution in [0.15, 0.2) is 6.20 Å². The summed E-state index contributed by atoms with van der Waals surface area (Å²) in [6.07, 6.45) is 1.68. The van der Waals surface area contributed by atoms with E-state index in [4.69, 9.17) is 19.3 Å². The molecule has 13 heteroatoms. The van der Waals surface area contributed by atoms with Crippen LogP contribution in [0.3, 0.4) is 0 Å². The van der Waals surface area contributed by atoms with E-state index in [2.05, 4.69) is 20.9 Å². The van der Waals surface area contributed by atoms with E-state index in [1.807, 2.05) is 0 Å². The largest absolute Gasteiger partial charge is 0.480 e. The predicted octanol–water partition coefficient (Wildman–Crippen LogP) is 0.223. The highest BCUT2D eigenvalue weighted by Crippen LogP contribution is 2.02. The molecule has 1 aromatic heterocycles. The van der Waals surface area contributed by atoms with Gasteiger partial charge in [-0.05, 0) is 6.42 Å². The zero-order valence-corrected chi connectivity index (χ0v) is 16.8. The number of ether oxygens (including phenoxy) is 3. The smallest absolute Gasteiger partial charge is 0.326 e. The van der Waals surface area contributed by atoms with Gasteiger partial charge in [-0.1, -0.05) is 18.6 Å². The second kappa shape index (κ2) is 15.1. The van der Waals surface area contributed by atoms with Gasteiger partial charge in [-0.15, -0.1) is 5.10 Å². The molecule has 0 aliphatic heterocycles. The zero-order valence-electron chi connectivity index (χ0n) is 16.8. The number of hydrogen-bond acceptors (Lipinski definition) is 8. The Morgan fingerprint density at radius 1 is 1.27 bits per heavy atom. The molecule has 0 aliphatic carbocycles. The zero-order chi connectivity index (χ0) is 22.2. The highest BCUT2D eigenvalue weighted by molar-refractivity contribution is 5.82. The first-order chi connectivity index (χ1) is 14.5. The maximum Gasteiger partial charge on any atom is 0.326 e. The third kappa shape index (κ3) is 10.7. The van der Waals surface area contributed by atoms with Gasteiger partial charge in [0.15, 0.2) is 6.23 Å². The molecule has 0 saturated carbocycles. The summed E-state index contributed by atoms with van der Waals surface area (Å²) in [7, 11) is 0. The minimum absolute atomic E-state index is 0.0329. The Morgan fingerprint density at radius 3 is 2.70 bits per heavy atom. The maximum atomic E-state index is 12.0. The van der Waals surface area contributed by atoms with Crippen LogP contribution < -0.4 is 10.6 Å². The Hall–Kier alpha value is -2.80. The molecule has 30 heavy (non-hydrogen) atoms. The van der Waals surface area contributed by atoms with Crippen molar-refractivity contribution in [2.24, 2.45) is 0 Å². The molecule has 170 valence electrons. The van der Waals surface area contributed by atoms with Gasteiger partial charge in [0, 0.05) is 13.0 Å². The van der Waals surface area contributed by atoms with Gasteiger partial charge in [-0.2, -0.15) is 0 Å². The predicted molar refractivity (Wildman–Crippen MR) is 100 cm³/mol. The topological polar surface area (TPSA) is 154 Å². The van der Waals surface area contributed by atoms with Crippen LogP contribution in [0.4, 0.5) is 9.18 Å². The number of amides is 2. The van der Waals surface area contributed by atoms with Crippen molar-refractivity contribution in [3.8, 4) is 0 Å². The molecular weight excluding hydrogens is 404 g/mol. The molecule has 3 N–H and O–H groups in total. The van der Waals surface area contributed by atoms with Gasteiger partial charge in [0.2, 0.25) is 0 Å². The van der Waals surface area contributed by atoms with Crippen molar-refractivity contribution >= 4 is 18.5 Å². The Kier molecular flexibility index (Phi) is 12.7. The van der Waals surface area contributed by atoms with Gasteiger partial charge in [0.25, 0.3) is 6.47 Å². The summed E-state index contributed by atoms with van der Waals surface area (Å²) >= 11 is 0. The van der Waals surface area contributed by atoms with Crippen LogP contribution in [-0.2, 0) is 37.0 Å². The fourth-order valence-electron chi connectivity index (χ4n) is 2.35. The number of carbonyl (C=O) groups excluding carboxylic acids is 2. The van der Waals surface area contributed by atoms with Crippen molar-refractivity contribution in [1.82, 2.24) is 25.6 Å². The fourth-order valence-corrected chi connectivity index (χ4v) is 2.35. The summed E-state index contributed by atoms with van der Waals surface area (Å²) in [5.74, 6) is -1.15. The van der Waals surface area contributed by atoms with E-state index in [-0.39, 0.29) is 52.3 Å². The summed E-state index contributed by atoms with van der Waals surface area (Å²) in [6, 6.07) is -1.79. The van der Waals surface area contributed by atoms with Crippen LogP contribution in [-0.4, -0.2) is 77.3 Å². The van der Waals surface area contributed by atoms with Crippen molar-refractivity contribution in [3.05, 3.63) is 11.9 Å². The summed E-state index contributed by atoms with van der Waals surface area (Å²) in [5, 5.41) is 21.6. The molecule has 0 saturated heterocycles. The Labute approximate surface area is 173 Å². The van der Waals surface area contributed by atoms with Gasteiger partial charge >= 0.3 is 12.0 Å². The minimum atomic E-state index is -1.15. The molecule has 2 atom stereocenters. The Morgan fingerprint density at radius 2 is 2.03 bits per heavy atom. The molecule has 0 aliphatic rings. The average Bonchev–Trinajstić information content (AvgIpc) is 3.16. The second-order valence-corrected chi connectivity index (χ2v) is 6.13. The van der Waals surface area contributed by atoms with Crippen molar-refractivity contribution in [1.29, 1.82) is 0 Å². The fraction of sp³-hybridized carbons (Fsp3) is 0.706. The highest BCUT2D eigenvalue weighted by atomic mass is 18.2. The first kappa shape index (κ1) is 25.2. The normalized spacial score (nSPS) is 12.7. The number of halogens is 1. The average molecular weight is 432 g/mol. The van der Waals surface area contributed by atoms with E-state index in [0.29, 0.717) is 12.1 Å². The van der Waals surface area contributed by atoms with E-state index >= 15 is 0 Å². The van der Waals surface area contributed by atoms with Crippen LogP contribution in [0.1, 0.15) is 31.9 Å². The maximum absolute atomic E-state index is 12.0. The number of rotatable bonds is 17. The summed E-state index contributed by atoms with van der Waals surface area (Å²) in [6.45, 7) is 2.51. The molecule has 0 bridgehead atoms.